The van der Waals surface area contributed by atoms with Gasteiger partial charge in [-0.05, 0) is 42.4 Å². The smallest absolute Gasteiger partial charge is 0.243 e. The van der Waals surface area contributed by atoms with Gasteiger partial charge in [0.15, 0.2) is 0 Å². The van der Waals surface area contributed by atoms with Gasteiger partial charge >= 0.3 is 0 Å². The highest BCUT2D eigenvalue weighted by Crippen LogP contribution is 2.13. The summed E-state index contributed by atoms with van der Waals surface area (Å²) in [6.45, 7) is 7.76. The summed E-state index contributed by atoms with van der Waals surface area (Å²) in [5.41, 5.74) is 7.28. The Morgan fingerprint density at radius 1 is 0.825 bits per heavy atom. The van der Waals surface area contributed by atoms with Gasteiger partial charge in [-0.2, -0.15) is 0 Å². The predicted octanol–water partition coefficient (Wildman–Crippen LogP) is 0.520. The number of rotatable bonds is 15. The van der Waals surface area contributed by atoms with Crippen molar-refractivity contribution in [3.63, 3.8) is 0 Å². The summed E-state index contributed by atoms with van der Waals surface area (Å²) in [7, 11) is 1.46. The number of aromatic hydroxyl groups is 1. The molecule has 4 amide bonds. The van der Waals surface area contributed by atoms with Crippen LogP contribution in [0.25, 0.3) is 0 Å². The molecule has 0 unspecified atom stereocenters. The van der Waals surface area contributed by atoms with Crippen LogP contribution >= 0.6 is 0 Å². The van der Waals surface area contributed by atoms with Gasteiger partial charge in [0.05, 0.1) is 18.1 Å². The maximum absolute atomic E-state index is 13.5. The normalized spacial score (nSPS) is 14.2. The van der Waals surface area contributed by atoms with Gasteiger partial charge in [-0.3, -0.25) is 19.2 Å². The molecule has 1 aromatic carbocycles. The van der Waals surface area contributed by atoms with Gasteiger partial charge in [-0.25, -0.2) is 4.98 Å². The van der Waals surface area contributed by atoms with E-state index in [0.717, 1.165) is 5.56 Å². The van der Waals surface area contributed by atoms with E-state index in [9.17, 15) is 24.3 Å². The maximum atomic E-state index is 13.5. The number of likely N-dealkylation sites (N-methyl/N-ethyl adjacent to an activating group) is 1. The van der Waals surface area contributed by atoms with Gasteiger partial charge < -0.3 is 37.1 Å². The number of carbonyl (C=O) groups excluding carboxylic acids is 4. The number of hydrogen-bond acceptors (Lipinski definition) is 7. The van der Waals surface area contributed by atoms with E-state index in [1.165, 1.54) is 25.5 Å². The molecule has 0 aliphatic rings. The Balaban J connectivity index is 2.24. The zero-order valence-corrected chi connectivity index (χ0v) is 23.9. The van der Waals surface area contributed by atoms with Crippen molar-refractivity contribution in [2.24, 2.45) is 17.6 Å². The average molecular weight is 558 g/mol. The largest absolute Gasteiger partial charge is 0.508 e. The van der Waals surface area contributed by atoms with Gasteiger partial charge in [0.1, 0.15) is 23.9 Å². The first-order valence-electron chi connectivity index (χ1n) is 13.5. The summed E-state index contributed by atoms with van der Waals surface area (Å²) in [5, 5.41) is 20.3. The summed E-state index contributed by atoms with van der Waals surface area (Å²) in [6.07, 6.45) is 4.09. The highest BCUT2D eigenvalue weighted by molar-refractivity contribution is 5.95. The molecule has 12 nitrogen and oxygen atoms in total. The summed E-state index contributed by atoms with van der Waals surface area (Å²) in [4.78, 5) is 59.3. The number of nitrogens with two attached hydrogens (primary N) is 1. The average Bonchev–Trinajstić information content (AvgIpc) is 3.40. The lowest BCUT2D eigenvalue weighted by Gasteiger charge is -2.26. The molecule has 0 aliphatic heterocycles. The molecule has 1 aromatic heterocycles. The van der Waals surface area contributed by atoms with Gasteiger partial charge in [0.2, 0.25) is 23.6 Å². The number of phenolic OH excluding ortho intramolecular Hbond substituents is 1. The molecular weight excluding hydrogens is 514 g/mol. The van der Waals surface area contributed by atoms with Gasteiger partial charge in [0, 0.05) is 26.1 Å². The van der Waals surface area contributed by atoms with E-state index in [0.29, 0.717) is 18.5 Å². The number of amides is 4. The molecule has 4 atom stereocenters. The van der Waals surface area contributed by atoms with E-state index in [1.807, 2.05) is 27.7 Å². The highest BCUT2D eigenvalue weighted by atomic mass is 16.3. The van der Waals surface area contributed by atoms with Crippen LogP contribution < -0.4 is 27.0 Å². The van der Waals surface area contributed by atoms with E-state index >= 15 is 0 Å². The minimum absolute atomic E-state index is 0.0515. The van der Waals surface area contributed by atoms with E-state index in [1.54, 1.807) is 18.3 Å². The van der Waals surface area contributed by atoms with Crippen LogP contribution in [-0.2, 0) is 32.0 Å². The minimum Gasteiger partial charge on any atom is -0.508 e. The molecule has 0 aliphatic carbocycles. The first-order chi connectivity index (χ1) is 18.9. The van der Waals surface area contributed by atoms with E-state index in [2.05, 4.69) is 31.2 Å². The maximum Gasteiger partial charge on any atom is 0.243 e. The van der Waals surface area contributed by atoms with Crippen molar-refractivity contribution in [1.82, 2.24) is 31.2 Å². The molecule has 2 aromatic rings. The second-order valence-electron chi connectivity index (χ2n) is 10.8. The lowest BCUT2D eigenvalue weighted by molar-refractivity contribution is -0.134. The van der Waals surface area contributed by atoms with Crippen LogP contribution in [0.1, 0.15) is 51.8 Å². The van der Waals surface area contributed by atoms with Crippen molar-refractivity contribution in [1.29, 1.82) is 0 Å². The molecule has 2 rings (SSSR count). The van der Waals surface area contributed by atoms with Crippen molar-refractivity contribution in [3.8, 4) is 5.75 Å². The van der Waals surface area contributed by atoms with Gasteiger partial charge in [0.25, 0.3) is 0 Å². The number of aromatic amines is 1. The summed E-state index contributed by atoms with van der Waals surface area (Å²) in [6, 6.07) is 2.60. The van der Waals surface area contributed by atoms with Crippen LogP contribution in [0.2, 0.25) is 0 Å². The Hall–Kier alpha value is -3.93. The molecule has 40 heavy (non-hydrogen) atoms. The van der Waals surface area contributed by atoms with Crippen LogP contribution in [0, 0.1) is 11.8 Å². The lowest BCUT2D eigenvalue weighted by atomic mass is 10.00. The first kappa shape index (κ1) is 32.3. The Labute approximate surface area is 235 Å². The fourth-order valence-corrected chi connectivity index (χ4v) is 4.21. The topological polar surface area (TPSA) is 191 Å². The number of nitrogens with one attached hydrogen (secondary N) is 5. The predicted molar refractivity (Wildman–Crippen MR) is 151 cm³/mol. The fourth-order valence-electron chi connectivity index (χ4n) is 4.21. The SMILES string of the molecule is CNC(=O)[C@H](Cc1ccc(O)cc1)NC(=O)[C@H](Cc1c[nH]cn1)NC(=O)[C@H](CC(C)C)NC(=O)[C@@H](N)CC(C)C. The molecule has 12 heteroatoms. The molecule has 0 bridgehead atoms. The fraction of sp³-hybridized carbons (Fsp3) is 0.536. The molecule has 220 valence electrons. The molecule has 0 saturated heterocycles. The van der Waals surface area contributed by atoms with Gasteiger partial charge in [-0.1, -0.05) is 39.8 Å². The van der Waals surface area contributed by atoms with Crippen molar-refractivity contribution in [2.75, 3.05) is 7.05 Å². The molecule has 1 heterocycles. The molecule has 8 N–H and O–H groups in total. The second kappa shape index (κ2) is 15.6. The molecule has 0 saturated carbocycles. The highest BCUT2D eigenvalue weighted by Gasteiger charge is 2.31. The zero-order chi connectivity index (χ0) is 29.8. The number of benzene rings is 1. The third-order valence-corrected chi connectivity index (χ3v) is 6.26. The third-order valence-electron chi connectivity index (χ3n) is 6.26. The van der Waals surface area contributed by atoms with Crippen LogP contribution in [0.3, 0.4) is 0 Å². The number of carbonyl (C=O) groups is 4. The Bertz CT molecular complexity index is 1100. The monoisotopic (exact) mass is 557 g/mol. The minimum atomic E-state index is -1.08. The standard InChI is InChI=1S/C28H43N7O5/c1-16(2)10-21(29)25(37)33-22(11-17(3)4)27(39)35-24(13-19-14-31-15-32-19)28(40)34-23(26(38)30-5)12-18-6-8-20(36)9-7-18/h6-9,14-17,21-24,36H,10-13,29H2,1-5H3,(H,30,38)(H,31,32)(H,33,37)(H,34,40)(H,35,39)/t21-,22-,23-,24-/m0/s1. The number of phenols is 1. The third kappa shape index (κ3) is 10.7. The summed E-state index contributed by atoms with van der Waals surface area (Å²) < 4.78 is 0. The molecule has 0 spiro atoms. The number of H-pyrrole nitrogens is 1. The molecular formula is C28H43N7O5. The molecule has 0 radical (unpaired) electrons. The second-order valence-corrected chi connectivity index (χ2v) is 10.8. The van der Waals surface area contributed by atoms with Crippen LogP contribution in [0.5, 0.6) is 5.75 Å². The Morgan fingerprint density at radius 3 is 1.90 bits per heavy atom. The Kier molecular flexibility index (Phi) is 12.6. The van der Waals surface area contributed by atoms with Crippen molar-refractivity contribution >= 4 is 23.6 Å². The lowest BCUT2D eigenvalue weighted by Crippen LogP contribution is -2.58. The van der Waals surface area contributed by atoms with E-state index in [-0.39, 0.29) is 30.4 Å². The zero-order valence-electron chi connectivity index (χ0n) is 23.9. The molecule has 0 fully saturated rings. The van der Waals surface area contributed by atoms with Crippen molar-refractivity contribution in [2.45, 2.75) is 77.5 Å². The summed E-state index contributed by atoms with van der Waals surface area (Å²) in [5.74, 6) is -1.63. The van der Waals surface area contributed by atoms with Crippen LogP contribution in [0.4, 0.5) is 0 Å². The first-order valence-corrected chi connectivity index (χ1v) is 13.5. The number of aromatic nitrogens is 2. The number of imidazole rings is 1. The van der Waals surface area contributed by atoms with Crippen molar-refractivity contribution in [3.05, 3.63) is 48.0 Å². The van der Waals surface area contributed by atoms with E-state index in [4.69, 9.17) is 5.73 Å². The quantitative estimate of drug-likeness (QED) is 0.166. The number of nitrogens with zero attached hydrogens (tertiary/aromatic N) is 1. The van der Waals surface area contributed by atoms with E-state index < -0.39 is 47.8 Å². The Morgan fingerprint density at radius 2 is 1.38 bits per heavy atom. The van der Waals surface area contributed by atoms with Crippen LogP contribution in [0.15, 0.2) is 36.8 Å². The summed E-state index contributed by atoms with van der Waals surface area (Å²) >= 11 is 0. The van der Waals surface area contributed by atoms with Crippen molar-refractivity contribution < 1.29 is 24.3 Å². The van der Waals surface area contributed by atoms with Gasteiger partial charge in [-0.15, -0.1) is 0 Å². The number of hydrogen-bond donors (Lipinski definition) is 7. The van der Waals surface area contributed by atoms with Crippen LogP contribution in [-0.4, -0.2) is 69.9 Å².